The number of hydrogen-bond donors (Lipinski definition) is 1. The molecule has 1 amide bonds. The summed E-state index contributed by atoms with van der Waals surface area (Å²) in [6.07, 6.45) is 2.87. The Labute approximate surface area is 174 Å². The molecule has 0 fully saturated rings. The second-order valence-corrected chi connectivity index (χ2v) is 6.93. The van der Waals surface area contributed by atoms with Crippen LogP contribution in [-0.2, 0) is 27.5 Å². The van der Waals surface area contributed by atoms with Gasteiger partial charge in [-0.1, -0.05) is 52.2 Å². The van der Waals surface area contributed by atoms with Crippen LogP contribution in [0.15, 0.2) is 58.3 Å². The number of carbonyl (C=O) groups excluding carboxylic acids is 1. The molecule has 2 aromatic carbocycles. The maximum Gasteiger partial charge on any atom is 0.273 e. The number of nitrogens with one attached hydrogen (secondary N) is 1. The molecular weight excluding hydrogens is 390 g/mol. The number of nitrogens with zero attached hydrogens (tertiary/aromatic N) is 2. The van der Waals surface area contributed by atoms with E-state index in [1.54, 1.807) is 13.1 Å². The number of amides is 1. The lowest BCUT2D eigenvalue weighted by atomic mass is 10.0. The molecule has 150 valence electrons. The van der Waals surface area contributed by atoms with Crippen LogP contribution in [0, 0.1) is 0 Å². The zero-order valence-corrected chi connectivity index (χ0v) is 17.3. The van der Waals surface area contributed by atoms with Gasteiger partial charge in [0.05, 0.1) is 5.71 Å². The lowest BCUT2D eigenvalue weighted by Gasteiger charge is -2.10. The molecule has 3 rings (SSSR count). The van der Waals surface area contributed by atoms with Gasteiger partial charge in [-0.25, -0.2) is 0 Å². The molecule has 2 aromatic rings. The quantitative estimate of drug-likeness (QED) is 0.553. The van der Waals surface area contributed by atoms with Crippen LogP contribution in [0.25, 0.3) is 6.08 Å². The second-order valence-electron chi connectivity index (χ2n) is 6.50. The molecule has 0 unspecified atom stereocenters. The first-order valence-electron chi connectivity index (χ1n) is 9.11. The number of allylic oxidation sites excluding steroid dienone is 1. The number of fused-ring (bicyclic) bond motifs is 1. The molecule has 7 heteroatoms. The molecule has 0 heterocycles. The summed E-state index contributed by atoms with van der Waals surface area (Å²) in [5.74, 6) is -0.341. The van der Waals surface area contributed by atoms with E-state index >= 15 is 0 Å². The van der Waals surface area contributed by atoms with Crippen molar-refractivity contribution in [3.8, 4) is 0 Å². The van der Waals surface area contributed by atoms with Crippen molar-refractivity contribution in [3.63, 3.8) is 0 Å². The van der Waals surface area contributed by atoms with E-state index in [1.165, 1.54) is 12.7 Å². The third-order valence-electron chi connectivity index (χ3n) is 4.60. The summed E-state index contributed by atoms with van der Waals surface area (Å²) in [6.45, 7) is 2.10. The summed E-state index contributed by atoms with van der Waals surface area (Å²) < 4.78 is 0. The maximum absolute atomic E-state index is 12.1. The molecule has 0 bridgehead atoms. The Balaban J connectivity index is 1.73. The largest absolute Gasteiger partial charge is 0.398 e. The van der Waals surface area contributed by atoms with Crippen LogP contribution in [0.4, 0.5) is 0 Å². The normalized spacial score (nSPS) is 13.6. The average Bonchev–Trinajstić information content (AvgIpc) is 3.15. The van der Waals surface area contributed by atoms with Crippen LogP contribution < -0.4 is 5.32 Å². The molecule has 0 spiro atoms. The zero-order valence-electron chi connectivity index (χ0n) is 16.5. The highest BCUT2D eigenvalue weighted by Gasteiger charge is 2.18. The van der Waals surface area contributed by atoms with Crippen LogP contribution in [0.5, 0.6) is 0 Å². The fourth-order valence-corrected chi connectivity index (χ4v) is 3.28. The highest BCUT2D eigenvalue weighted by Crippen LogP contribution is 2.28. The van der Waals surface area contributed by atoms with Crippen molar-refractivity contribution in [1.29, 1.82) is 0 Å². The molecule has 29 heavy (non-hydrogen) atoms. The van der Waals surface area contributed by atoms with E-state index in [2.05, 4.69) is 21.7 Å². The molecule has 1 N–H and O–H groups in total. The fraction of sp³-hybridized carbons (Fsp3) is 0.227. The maximum atomic E-state index is 12.1. The van der Waals surface area contributed by atoms with Crippen LogP contribution in [0.3, 0.4) is 0 Å². The van der Waals surface area contributed by atoms with Crippen LogP contribution in [0.2, 0.25) is 5.02 Å². The first kappa shape index (κ1) is 20.6. The molecule has 0 saturated heterocycles. The minimum absolute atomic E-state index is 0.181. The second kappa shape index (κ2) is 9.39. The molecular formula is C22H22ClN3O3. The van der Waals surface area contributed by atoms with Gasteiger partial charge in [0, 0.05) is 23.2 Å². The van der Waals surface area contributed by atoms with Gasteiger partial charge in [-0.05, 0) is 48.3 Å². The first-order chi connectivity index (χ1) is 14.0. The Kier molecular flexibility index (Phi) is 6.67. The van der Waals surface area contributed by atoms with E-state index in [9.17, 15) is 4.79 Å². The molecule has 0 radical (unpaired) electrons. The Hall–Kier alpha value is -3.12. The van der Waals surface area contributed by atoms with Gasteiger partial charge in [0.25, 0.3) is 5.91 Å². The SMILES string of the molecule is CNC(=O)/C(=N/OC)c1ccccc1CO/N=C(\C)C1=Cc2cc(Cl)ccc2C1. The van der Waals surface area contributed by atoms with Crippen molar-refractivity contribution in [2.75, 3.05) is 14.2 Å². The molecule has 1 aliphatic carbocycles. The van der Waals surface area contributed by atoms with Gasteiger partial charge < -0.3 is 15.0 Å². The lowest BCUT2D eigenvalue weighted by molar-refractivity contribution is -0.114. The number of carbonyl (C=O) groups is 1. The van der Waals surface area contributed by atoms with Crippen LogP contribution in [0.1, 0.15) is 29.2 Å². The molecule has 0 aromatic heterocycles. The smallest absolute Gasteiger partial charge is 0.273 e. The van der Waals surface area contributed by atoms with Gasteiger partial charge in [0.1, 0.15) is 13.7 Å². The molecule has 1 aliphatic rings. The molecule has 0 saturated carbocycles. The van der Waals surface area contributed by atoms with E-state index in [1.807, 2.05) is 43.3 Å². The summed E-state index contributed by atoms with van der Waals surface area (Å²) >= 11 is 6.07. The van der Waals surface area contributed by atoms with E-state index < -0.39 is 0 Å². The Bertz CT molecular complexity index is 1010. The lowest BCUT2D eigenvalue weighted by Crippen LogP contribution is -2.29. The summed E-state index contributed by atoms with van der Waals surface area (Å²) in [6, 6.07) is 13.2. The standard InChI is InChI=1S/C22H22ClN3O3/c1-14(17-10-15-8-9-19(23)12-18(15)11-17)25-29-13-16-6-4-5-7-20(16)21(26-28-3)22(27)24-2/h4-9,11-12H,10,13H2,1-3H3,(H,24,27)/b25-14+,26-21+. The summed E-state index contributed by atoms with van der Waals surface area (Å²) in [4.78, 5) is 22.6. The van der Waals surface area contributed by atoms with E-state index in [0.717, 1.165) is 28.8 Å². The topological polar surface area (TPSA) is 72.3 Å². The Morgan fingerprint density at radius 1 is 1.21 bits per heavy atom. The van der Waals surface area contributed by atoms with Crippen molar-refractivity contribution in [2.45, 2.75) is 20.0 Å². The Morgan fingerprint density at radius 3 is 2.76 bits per heavy atom. The summed E-state index contributed by atoms with van der Waals surface area (Å²) in [7, 11) is 2.94. The van der Waals surface area contributed by atoms with E-state index in [0.29, 0.717) is 10.6 Å². The van der Waals surface area contributed by atoms with Gasteiger partial charge in [0.2, 0.25) is 0 Å². The number of rotatable bonds is 7. The van der Waals surface area contributed by atoms with Gasteiger partial charge in [-0.2, -0.15) is 0 Å². The monoisotopic (exact) mass is 411 g/mol. The van der Waals surface area contributed by atoms with Gasteiger partial charge in [-0.3, -0.25) is 4.79 Å². The average molecular weight is 412 g/mol. The van der Waals surface area contributed by atoms with Gasteiger partial charge in [-0.15, -0.1) is 0 Å². The van der Waals surface area contributed by atoms with Crippen LogP contribution in [-0.4, -0.2) is 31.5 Å². The highest BCUT2D eigenvalue weighted by molar-refractivity contribution is 6.45. The minimum atomic E-state index is -0.341. The number of hydrogen-bond acceptors (Lipinski definition) is 5. The molecule has 6 nitrogen and oxygen atoms in total. The van der Waals surface area contributed by atoms with Crippen LogP contribution >= 0.6 is 11.6 Å². The third-order valence-corrected chi connectivity index (χ3v) is 4.84. The fourth-order valence-electron chi connectivity index (χ4n) is 3.09. The molecule has 0 atom stereocenters. The van der Waals surface area contributed by atoms with Crippen molar-refractivity contribution in [2.24, 2.45) is 10.3 Å². The van der Waals surface area contributed by atoms with Gasteiger partial charge in [0.15, 0.2) is 5.71 Å². The first-order valence-corrected chi connectivity index (χ1v) is 9.48. The predicted octanol–water partition coefficient (Wildman–Crippen LogP) is 3.97. The number of halogens is 1. The number of oxime groups is 2. The van der Waals surface area contributed by atoms with E-state index in [-0.39, 0.29) is 18.2 Å². The van der Waals surface area contributed by atoms with Crippen molar-refractivity contribution in [1.82, 2.24) is 5.32 Å². The van der Waals surface area contributed by atoms with Crippen molar-refractivity contribution < 1.29 is 14.5 Å². The minimum Gasteiger partial charge on any atom is -0.398 e. The summed E-state index contributed by atoms with van der Waals surface area (Å²) in [5, 5.41) is 11.4. The number of likely N-dealkylation sites (N-methyl/N-ethyl adjacent to an activating group) is 1. The summed E-state index contributed by atoms with van der Waals surface area (Å²) in [5.41, 5.74) is 5.80. The third kappa shape index (κ3) is 4.84. The zero-order chi connectivity index (χ0) is 20.8. The predicted molar refractivity (Wildman–Crippen MR) is 115 cm³/mol. The van der Waals surface area contributed by atoms with Gasteiger partial charge >= 0.3 is 0 Å². The van der Waals surface area contributed by atoms with Crippen molar-refractivity contribution in [3.05, 3.63) is 75.3 Å². The Morgan fingerprint density at radius 2 is 2.00 bits per heavy atom. The molecule has 0 aliphatic heterocycles. The van der Waals surface area contributed by atoms with E-state index in [4.69, 9.17) is 21.3 Å². The number of benzene rings is 2. The van der Waals surface area contributed by atoms with Crippen molar-refractivity contribution >= 4 is 35.0 Å². The highest BCUT2D eigenvalue weighted by atomic mass is 35.5.